The zero-order valence-corrected chi connectivity index (χ0v) is 32.0. The average molecular weight is 761 g/mol. The van der Waals surface area contributed by atoms with Gasteiger partial charge < -0.3 is 39.9 Å². The Bertz CT molecular complexity index is 2060. The maximum Gasteiger partial charge on any atom is 0.227 e. The average Bonchev–Trinajstić information content (AvgIpc) is 3.88. The summed E-state index contributed by atoms with van der Waals surface area (Å²) in [6, 6.07) is 21.2. The van der Waals surface area contributed by atoms with Gasteiger partial charge in [0.1, 0.15) is 17.8 Å². The molecule has 1 aromatic carbocycles. The molecule has 56 heavy (non-hydrogen) atoms. The molecule has 0 unspecified atom stereocenters. The number of nitrogens with zero attached hydrogens (tertiary/aromatic N) is 10. The van der Waals surface area contributed by atoms with Gasteiger partial charge in [-0.05, 0) is 67.4 Å². The number of morpholine rings is 1. The van der Waals surface area contributed by atoms with E-state index in [0.717, 1.165) is 43.4 Å². The quantitative estimate of drug-likeness (QED) is 0.161. The SMILES string of the molecule is CN(C)/C=C/C(=O)c1ccc(N2CC[C@H](O)C2)c(C#N)n1.N#Cc1nc(-c2ccnc(Nc3ccc(N4CCOCC4)cc3)n2)ccc1N1CC[C@H](O)C1.[2H]CC. The number of aliphatic hydroxyl groups is 2. The molecule has 3 aromatic heterocycles. The third-order valence-electron chi connectivity index (χ3n) is 9.16. The second-order valence-electron chi connectivity index (χ2n) is 13.3. The van der Waals surface area contributed by atoms with Crippen LogP contribution in [0.25, 0.3) is 11.4 Å². The maximum absolute atomic E-state index is 12.0. The van der Waals surface area contributed by atoms with E-state index < -0.39 is 0 Å². The van der Waals surface area contributed by atoms with Crippen molar-refractivity contribution < 1.29 is 21.1 Å². The summed E-state index contributed by atoms with van der Waals surface area (Å²) in [6.07, 6.45) is 5.36. The van der Waals surface area contributed by atoms with Crippen molar-refractivity contribution in [2.75, 3.05) is 86.6 Å². The summed E-state index contributed by atoms with van der Waals surface area (Å²) >= 11 is 0. The highest BCUT2D eigenvalue weighted by atomic mass is 16.5. The fourth-order valence-electron chi connectivity index (χ4n) is 6.35. The maximum atomic E-state index is 12.0. The minimum absolute atomic E-state index is 0.216. The van der Waals surface area contributed by atoms with Crippen molar-refractivity contribution in [1.82, 2.24) is 24.8 Å². The van der Waals surface area contributed by atoms with Crippen LogP contribution in [0.5, 0.6) is 0 Å². The number of anilines is 5. The van der Waals surface area contributed by atoms with Gasteiger partial charge in [-0.1, -0.05) is 13.8 Å². The lowest BCUT2D eigenvalue weighted by atomic mass is 10.2. The number of aliphatic hydroxyl groups excluding tert-OH is 2. The zero-order valence-electron chi connectivity index (χ0n) is 33.0. The molecule has 0 aliphatic carbocycles. The van der Waals surface area contributed by atoms with Crippen molar-refractivity contribution in [2.45, 2.75) is 38.9 Å². The number of aromatic nitrogens is 4. The number of ether oxygens (including phenoxy) is 1. The van der Waals surface area contributed by atoms with Gasteiger partial charge in [-0.25, -0.2) is 19.9 Å². The predicted molar refractivity (Wildman–Crippen MR) is 216 cm³/mol. The van der Waals surface area contributed by atoms with Gasteiger partial charge in [0.15, 0.2) is 11.4 Å². The van der Waals surface area contributed by atoms with E-state index in [2.05, 4.69) is 48.4 Å². The largest absolute Gasteiger partial charge is 0.391 e. The van der Waals surface area contributed by atoms with Crippen molar-refractivity contribution in [1.29, 1.82) is 10.5 Å². The number of ketones is 1. The standard InChI is InChI=1S/C24H25N7O2.C15H18N4O2.C2H6/c25-15-22-23(31-10-8-19(32)16-31)6-5-20(28-22)21-7-9-26-24(29-21)27-17-1-3-18(4-2-17)30-11-13-33-14-12-30;1-18(2)7-6-15(21)12-3-4-14(13(9-16)17-12)19-8-5-11(20)10-19;1-2/h1-7,9,19,32H,8,10-14,16H2,(H,26,27,29);3-4,6-7,11,20H,5,8,10H2,1-2H3;1-2H3/b;7-6+;/t19-;11-;/m00./s1/i;;1D. The number of carbonyl (C=O) groups excluding carboxylic acids is 1. The van der Waals surface area contributed by atoms with Gasteiger partial charge in [0, 0.05) is 84.6 Å². The Morgan fingerprint density at radius 2 is 1.45 bits per heavy atom. The van der Waals surface area contributed by atoms with E-state index >= 15 is 0 Å². The summed E-state index contributed by atoms with van der Waals surface area (Å²) in [4.78, 5) is 37.5. The van der Waals surface area contributed by atoms with E-state index in [0.29, 0.717) is 74.6 Å². The third kappa shape index (κ3) is 10.8. The van der Waals surface area contributed by atoms with Crippen LogP contribution in [0, 0.1) is 22.7 Å². The zero-order chi connectivity index (χ0) is 40.7. The lowest BCUT2D eigenvalue weighted by Gasteiger charge is -2.28. The minimum atomic E-state index is -0.374. The van der Waals surface area contributed by atoms with Crippen LogP contribution in [-0.4, -0.2) is 120 Å². The molecular weight excluding hydrogens is 711 g/mol. The first kappa shape index (κ1) is 39.6. The lowest BCUT2D eigenvalue weighted by Crippen LogP contribution is -2.36. The Balaban J connectivity index is 0.000000223. The van der Waals surface area contributed by atoms with Gasteiger partial charge in [0.25, 0.3) is 0 Å². The second kappa shape index (κ2) is 20.0. The van der Waals surface area contributed by atoms with Crippen LogP contribution in [0.15, 0.2) is 73.1 Å². The number of rotatable bonds is 9. The summed E-state index contributed by atoms with van der Waals surface area (Å²) < 4.78 is 11.6. The van der Waals surface area contributed by atoms with Crippen molar-refractivity contribution in [3.05, 3.63) is 90.2 Å². The topological polar surface area (TPSA) is 191 Å². The number of carbonyl (C=O) groups is 1. The molecule has 0 bridgehead atoms. The minimum Gasteiger partial charge on any atom is -0.391 e. The molecule has 0 saturated carbocycles. The van der Waals surface area contributed by atoms with Crippen molar-refractivity contribution in [3.63, 3.8) is 0 Å². The molecule has 15 heteroatoms. The highest BCUT2D eigenvalue weighted by molar-refractivity contribution is 6.03. The lowest BCUT2D eigenvalue weighted by molar-refractivity contribution is 0.104. The molecule has 0 spiro atoms. The van der Waals surface area contributed by atoms with Crippen LogP contribution in [0.1, 0.15) is 49.9 Å². The smallest absolute Gasteiger partial charge is 0.227 e. The highest BCUT2D eigenvalue weighted by Gasteiger charge is 2.25. The van der Waals surface area contributed by atoms with Gasteiger partial charge in [0.2, 0.25) is 11.7 Å². The van der Waals surface area contributed by atoms with Crippen LogP contribution in [0.3, 0.4) is 0 Å². The predicted octanol–water partition coefficient (Wildman–Crippen LogP) is 4.37. The molecule has 3 aliphatic rings. The number of hydrogen-bond acceptors (Lipinski definition) is 15. The van der Waals surface area contributed by atoms with Crippen LogP contribution in [0.2, 0.25) is 0 Å². The molecule has 3 aliphatic heterocycles. The summed E-state index contributed by atoms with van der Waals surface area (Å²) in [5.41, 5.74) is 5.47. The second-order valence-corrected chi connectivity index (χ2v) is 13.3. The molecule has 6 heterocycles. The van der Waals surface area contributed by atoms with Gasteiger partial charge in [-0.2, -0.15) is 10.5 Å². The summed E-state index contributed by atoms with van der Waals surface area (Å²) in [5.74, 6) is 0.215. The molecule has 3 saturated heterocycles. The van der Waals surface area contributed by atoms with E-state index in [1.165, 1.54) is 6.08 Å². The number of hydrogen-bond donors (Lipinski definition) is 3. The molecule has 7 rings (SSSR count). The number of pyridine rings is 2. The first-order valence-corrected chi connectivity index (χ1v) is 18.5. The van der Waals surface area contributed by atoms with E-state index in [9.17, 15) is 25.5 Å². The number of nitrogens with one attached hydrogen (secondary N) is 1. The molecule has 3 N–H and O–H groups in total. The Morgan fingerprint density at radius 3 is 2.02 bits per heavy atom. The molecule has 4 aromatic rings. The van der Waals surface area contributed by atoms with Crippen molar-refractivity contribution in [2.24, 2.45) is 0 Å². The molecule has 0 amide bonds. The van der Waals surface area contributed by atoms with E-state index in [1.54, 1.807) is 42.4 Å². The van der Waals surface area contributed by atoms with Gasteiger partial charge >= 0.3 is 0 Å². The fraction of sp³-hybridized carbons (Fsp3) is 0.390. The van der Waals surface area contributed by atoms with Gasteiger partial charge in [-0.15, -0.1) is 0 Å². The molecule has 15 nitrogen and oxygen atoms in total. The summed E-state index contributed by atoms with van der Waals surface area (Å²) in [6.45, 7) is 7.99. The molecule has 3 fully saturated rings. The Morgan fingerprint density at radius 1 is 0.857 bits per heavy atom. The van der Waals surface area contributed by atoms with Crippen LogP contribution >= 0.6 is 0 Å². The van der Waals surface area contributed by atoms with Gasteiger partial charge in [0.05, 0.1) is 48.2 Å². The number of β-amino-alcohol motifs (C(OH)–C–C–N with tert-alkyl or cyclic N) is 2. The number of benzene rings is 1. The van der Waals surface area contributed by atoms with E-state index in [4.69, 9.17) is 6.11 Å². The van der Waals surface area contributed by atoms with Crippen LogP contribution < -0.4 is 20.0 Å². The van der Waals surface area contributed by atoms with Crippen LogP contribution in [-0.2, 0) is 4.74 Å². The monoisotopic (exact) mass is 760 g/mol. The first-order valence-electron chi connectivity index (χ1n) is 19.2. The summed E-state index contributed by atoms with van der Waals surface area (Å²) in [5, 5.41) is 41.5. The number of allylic oxidation sites excluding steroid dienone is 1. The third-order valence-corrected chi connectivity index (χ3v) is 9.16. The van der Waals surface area contributed by atoms with Crippen molar-refractivity contribution >= 4 is 34.5 Å². The highest BCUT2D eigenvalue weighted by Crippen LogP contribution is 2.28. The molecule has 2 atom stereocenters. The number of nitriles is 2. The Labute approximate surface area is 329 Å². The van der Waals surface area contributed by atoms with Gasteiger partial charge in [-0.3, -0.25) is 4.79 Å². The van der Waals surface area contributed by atoms with Crippen molar-refractivity contribution in [3.8, 4) is 23.5 Å². The van der Waals surface area contributed by atoms with Crippen LogP contribution in [0.4, 0.5) is 28.7 Å². The Kier molecular flexibility index (Phi) is 14.1. The molecule has 0 radical (unpaired) electrons. The molecule has 292 valence electrons. The first-order chi connectivity index (χ1) is 27.6. The summed E-state index contributed by atoms with van der Waals surface area (Å²) in [7, 11) is 3.64. The van der Waals surface area contributed by atoms with E-state index in [1.807, 2.05) is 54.2 Å². The van der Waals surface area contributed by atoms with E-state index in [-0.39, 0.29) is 29.4 Å². The normalized spacial score (nSPS) is 17.8. The molecular formula is C41H49N11O4. The Hall–Kier alpha value is -6.13. The fourth-order valence-corrected chi connectivity index (χ4v) is 6.35.